The van der Waals surface area contributed by atoms with Crippen molar-refractivity contribution in [2.75, 3.05) is 19.8 Å². The molecule has 3 unspecified atom stereocenters. The molecule has 1 N–H and O–H groups in total. The molecule has 9 nitrogen and oxygen atoms in total. The van der Waals surface area contributed by atoms with Crippen molar-refractivity contribution in [1.29, 1.82) is 10.5 Å². The number of carboxylic acid groups (broad SMARTS) is 1. The van der Waals surface area contributed by atoms with Gasteiger partial charge in [-0.05, 0) is 36.6 Å². The smallest absolute Gasteiger partial charge is 0.407 e. The standard InChI is InChI=1S/C27H27F2N3O6/c1-16(26(2,3)4)38-24(33)27(15-37-20-8-6-18(12-31)22(29)10-20)14-32(25(34)35)23(27)13-36-19-7-5-17(11-30)21(28)9-19/h5-10,16,23H,13-15H2,1-4H3,(H,34,35). The number of benzene rings is 2. The molecule has 3 atom stereocenters. The van der Waals surface area contributed by atoms with E-state index >= 15 is 0 Å². The van der Waals surface area contributed by atoms with Crippen LogP contribution in [-0.2, 0) is 9.53 Å². The monoisotopic (exact) mass is 527 g/mol. The van der Waals surface area contributed by atoms with Crippen molar-refractivity contribution in [3.05, 3.63) is 59.2 Å². The molecule has 0 spiro atoms. The van der Waals surface area contributed by atoms with Gasteiger partial charge in [-0.1, -0.05) is 20.8 Å². The first-order chi connectivity index (χ1) is 17.8. The fraction of sp³-hybridized carbons (Fsp3) is 0.407. The van der Waals surface area contributed by atoms with Gasteiger partial charge < -0.3 is 19.3 Å². The summed E-state index contributed by atoms with van der Waals surface area (Å²) >= 11 is 0. The van der Waals surface area contributed by atoms with Crippen molar-refractivity contribution < 1.29 is 37.7 Å². The lowest BCUT2D eigenvalue weighted by molar-refractivity contribution is -0.190. The molecule has 1 fully saturated rings. The molecule has 0 bridgehead atoms. The average molecular weight is 528 g/mol. The summed E-state index contributed by atoms with van der Waals surface area (Å²) in [7, 11) is 0. The van der Waals surface area contributed by atoms with Crippen LogP contribution in [0.4, 0.5) is 13.6 Å². The fourth-order valence-electron chi connectivity index (χ4n) is 3.75. The number of halogens is 2. The van der Waals surface area contributed by atoms with Gasteiger partial charge in [-0.2, -0.15) is 10.5 Å². The zero-order valence-corrected chi connectivity index (χ0v) is 21.3. The number of likely N-dealkylation sites (tertiary alicyclic amines) is 1. The average Bonchev–Trinajstić information content (AvgIpc) is 2.83. The Balaban J connectivity index is 1.91. The van der Waals surface area contributed by atoms with E-state index in [2.05, 4.69) is 0 Å². The first-order valence-corrected chi connectivity index (χ1v) is 11.7. The summed E-state index contributed by atoms with van der Waals surface area (Å²) < 4.78 is 45.3. The molecule has 1 aliphatic rings. The highest BCUT2D eigenvalue weighted by atomic mass is 19.1. The first kappa shape index (κ1) is 28.2. The van der Waals surface area contributed by atoms with Crippen LogP contribution < -0.4 is 9.47 Å². The van der Waals surface area contributed by atoms with Gasteiger partial charge in [0.15, 0.2) is 0 Å². The van der Waals surface area contributed by atoms with Crippen LogP contribution >= 0.6 is 0 Å². The lowest BCUT2D eigenvalue weighted by Gasteiger charge is -2.53. The highest BCUT2D eigenvalue weighted by molar-refractivity contribution is 5.83. The second-order valence-electron chi connectivity index (χ2n) is 10.1. The number of ether oxygens (including phenoxy) is 3. The molecule has 0 radical (unpaired) electrons. The van der Waals surface area contributed by atoms with E-state index in [9.17, 15) is 23.5 Å². The molecule has 1 amide bonds. The number of hydrogen-bond acceptors (Lipinski definition) is 7. The molecule has 1 aliphatic heterocycles. The molecule has 0 aromatic heterocycles. The summed E-state index contributed by atoms with van der Waals surface area (Å²) in [5.74, 6) is -2.30. The van der Waals surface area contributed by atoms with Crippen LogP contribution in [0, 0.1) is 45.1 Å². The summed E-state index contributed by atoms with van der Waals surface area (Å²) in [4.78, 5) is 26.4. The van der Waals surface area contributed by atoms with Crippen LogP contribution in [0.1, 0.15) is 38.8 Å². The molecule has 11 heteroatoms. The van der Waals surface area contributed by atoms with Gasteiger partial charge >= 0.3 is 12.1 Å². The number of nitrogens with zero attached hydrogens (tertiary/aromatic N) is 3. The maximum atomic E-state index is 14.1. The third-order valence-corrected chi connectivity index (χ3v) is 6.65. The Hall–Kier alpha value is -4.38. The van der Waals surface area contributed by atoms with Crippen LogP contribution in [0.3, 0.4) is 0 Å². The van der Waals surface area contributed by atoms with Crippen molar-refractivity contribution in [3.63, 3.8) is 0 Å². The maximum Gasteiger partial charge on any atom is 0.407 e. The topological polar surface area (TPSA) is 133 Å². The van der Waals surface area contributed by atoms with Gasteiger partial charge in [0.25, 0.3) is 0 Å². The second kappa shape index (κ2) is 10.9. The minimum atomic E-state index is -1.53. The quantitative estimate of drug-likeness (QED) is 0.497. The third-order valence-electron chi connectivity index (χ3n) is 6.65. The van der Waals surface area contributed by atoms with E-state index in [0.717, 1.165) is 17.0 Å². The number of nitriles is 2. The number of hydrogen-bond donors (Lipinski definition) is 1. The van der Waals surface area contributed by atoms with E-state index in [-0.39, 0.29) is 42.4 Å². The summed E-state index contributed by atoms with van der Waals surface area (Å²) in [5.41, 5.74) is -2.33. The van der Waals surface area contributed by atoms with Crippen LogP contribution in [0.15, 0.2) is 36.4 Å². The van der Waals surface area contributed by atoms with Crippen LogP contribution in [0.5, 0.6) is 11.5 Å². The summed E-state index contributed by atoms with van der Waals surface area (Å²) in [5, 5.41) is 27.6. The molecule has 2 aromatic carbocycles. The zero-order chi connectivity index (χ0) is 28.3. The number of rotatable bonds is 8. The molecule has 2 aromatic rings. The number of amides is 1. The van der Waals surface area contributed by atoms with Gasteiger partial charge in [-0.15, -0.1) is 0 Å². The van der Waals surface area contributed by atoms with Gasteiger partial charge in [0, 0.05) is 18.7 Å². The lowest BCUT2D eigenvalue weighted by Crippen LogP contribution is -2.73. The van der Waals surface area contributed by atoms with Crippen LogP contribution in [0.25, 0.3) is 0 Å². The molecular formula is C27H27F2N3O6. The second-order valence-corrected chi connectivity index (χ2v) is 10.1. The third kappa shape index (κ3) is 5.78. The molecule has 200 valence electrons. The Morgan fingerprint density at radius 3 is 2.05 bits per heavy atom. The van der Waals surface area contributed by atoms with Crippen molar-refractivity contribution in [3.8, 4) is 23.6 Å². The summed E-state index contributed by atoms with van der Waals surface area (Å²) in [6, 6.07) is 9.43. The minimum absolute atomic E-state index is 0.0270. The van der Waals surface area contributed by atoms with Gasteiger partial charge in [0.05, 0.1) is 17.2 Å². The number of carbonyl (C=O) groups is 2. The van der Waals surface area contributed by atoms with Crippen molar-refractivity contribution in [2.45, 2.75) is 39.8 Å². The maximum absolute atomic E-state index is 14.1. The van der Waals surface area contributed by atoms with Crippen molar-refractivity contribution in [1.82, 2.24) is 4.90 Å². The highest BCUT2D eigenvalue weighted by Gasteiger charge is 2.62. The zero-order valence-electron chi connectivity index (χ0n) is 21.3. The van der Waals surface area contributed by atoms with Crippen molar-refractivity contribution in [2.24, 2.45) is 10.8 Å². The molecular weight excluding hydrogens is 500 g/mol. The molecule has 38 heavy (non-hydrogen) atoms. The minimum Gasteiger partial charge on any atom is -0.492 e. The van der Waals surface area contributed by atoms with Crippen molar-refractivity contribution >= 4 is 12.1 Å². The van der Waals surface area contributed by atoms with Gasteiger partial charge in [-0.25, -0.2) is 13.6 Å². The van der Waals surface area contributed by atoms with E-state index in [1.165, 1.54) is 24.3 Å². The molecule has 0 saturated carbocycles. The van der Waals surface area contributed by atoms with E-state index in [0.29, 0.717) is 0 Å². The Bertz CT molecular complexity index is 1310. The van der Waals surface area contributed by atoms with E-state index in [4.69, 9.17) is 24.7 Å². The fourth-order valence-corrected chi connectivity index (χ4v) is 3.75. The van der Waals surface area contributed by atoms with Gasteiger partial charge in [0.1, 0.15) is 60.0 Å². The largest absolute Gasteiger partial charge is 0.492 e. The molecule has 1 heterocycles. The van der Waals surface area contributed by atoms with Gasteiger partial charge in [0.2, 0.25) is 0 Å². The van der Waals surface area contributed by atoms with Crippen LogP contribution in [0.2, 0.25) is 0 Å². The van der Waals surface area contributed by atoms with E-state index < -0.39 is 46.7 Å². The molecule has 0 aliphatic carbocycles. The Kier molecular flexibility index (Phi) is 8.11. The van der Waals surface area contributed by atoms with E-state index in [1.54, 1.807) is 19.1 Å². The summed E-state index contributed by atoms with van der Waals surface area (Å²) in [6.07, 6.45) is -1.87. The Morgan fingerprint density at radius 2 is 1.61 bits per heavy atom. The normalized spacial score (nSPS) is 19.4. The Morgan fingerprint density at radius 1 is 1.08 bits per heavy atom. The number of carbonyl (C=O) groups excluding carboxylic acids is 1. The summed E-state index contributed by atoms with van der Waals surface area (Å²) in [6.45, 7) is 6.30. The highest BCUT2D eigenvalue weighted by Crippen LogP contribution is 2.42. The van der Waals surface area contributed by atoms with Crippen LogP contribution in [-0.4, -0.2) is 54.0 Å². The number of esters is 1. The predicted octanol–water partition coefficient (Wildman–Crippen LogP) is 4.49. The first-order valence-electron chi connectivity index (χ1n) is 11.7. The van der Waals surface area contributed by atoms with E-state index in [1.807, 2.05) is 20.8 Å². The predicted molar refractivity (Wildman–Crippen MR) is 129 cm³/mol. The lowest BCUT2D eigenvalue weighted by atomic mass is 9.72. The molecule has 3 rings (SSSR count). The Labute approximate surface area is 218 Å². The van der Waals surface area contributed by atoms with Gasteiger partial charge in [-0.3, -0.25) is 9.69 Å². The SMILES string of the molecule is CC(OC(=O)C1(COc2ccc(C#N)c(F)c2)CN(C(=O)O)C1COc1ccc(C#N)c(F)c1)C(C)(C)C. The molecule has 1 saturated heterocycles.